The van der Waals surface area contributed by atoms with E-state index in [1.165, 1.54) is 14.0 Å². The van der Waals surface area contributed by atoms with Crippen molar-refractivity contribution in [3.63, 3.8) is 0 Å². The van der Waals surface area contributed by atoms with Gasteiger partial charge in [0.25, 0.3) is 0 Å². The number of carboxylic acids is 1. The number of methoxy groups -OCH3 is 1. The standard InChI is InChI=1S/C19H26N2O5/c1-13(22)20-15-11-14(7-8-16(15)26-2)21-17(23)12-19(18(24)25)9-5-3-4-6-10-19/h7-8,11H,3-6,9-10,12H2,1-2H3,(H,20,22)(H,21,23)(H,24,25). The molecule has 0 spiro atoms. The maximum Gasteiger partial charge on any atom is 0.310 e. The van der Waals surface area contributed by atoms with Gasteiger partial charge in [0.1, 0.15) is 5.75 Å². The molecule has 1 aliphatic rings. The van der Waals surface area contributed by atoms with Gasteiger partial charge in [-0.15, -0.1) is 0 Å². The number of carboxylic acid groups (broad SMARTS) is 1. The summed E-state index contributed by atoms with van der Waals surface area (Å²) in [6, 6.07) is 4.89. The molecule has 0 atom stereocenters. The smallest absolute Gasteiger partial charge is 0.310 e. The topological polar surface area (TPSA) is 105 Å². The van der Waals surface area contributed by atoms with Crippen LogP contribution in [0.1, 0.15) is 51.9 Å². The van der Waals surface area contributed by atoms with Crippen molar-refractivity contribution in [3.8, 4) is 5.75 Å². The number of aliphatic carboxylic acids is 1. The highest BCUT2D eigenvalue weighted by molar-refractivity contribution is 5.96. The number of rotatable bonds is 6. The predicted molar refractivity (Wildman–Crippen MR) is 98.3 cm³/mol. The van der Waals surface area contributed by atoms with Crippen molar-refractivity contribution < 1.29 is 24.2 Å². The van der Waals surface area contributed by atoms with E-state index in [1.807, 2.05) is 0 Å². The zero-order chi connectivity index (χ0) is 19.2. The van der Waals surface area contributed by atoms with Crippen LogP contribution in [0.4, 0.5) is 11.4 Å². The second-order valence-electron chi connectivity index (χ2n) is 6.82. The minimum atomic E-state index is -0.993. The minimum Gasteiger partial charge on any atom is -0.495 e. The molecule has 0 bridgehead atoms. The van der Waals surface area contributed by atoms with Crippen LogP contribution in [-0.4, -0.2) is 30.0 Å². The molecule has 0 radical (unpaired) electrons. The third-order valence-corrected chi connectivity index (χ3v) is 4.81. The maximum atomic E-state index is 12.5. The quantitative estimate of drug-likeness (QED) is 0.673. The first-order chi connectivity index (χ1) is 12.4. The van der Waals surface area contributed by atoms with Crippen LogP contribution >= 0.6 is 0 Å². The summed E-state index contributed by atoms with van der Waals surface area (Å²) in [7, 11) is 1.49. The third kappa shape index (κ3) is 4.97. The molecule has 1 aromatic rings. The summed E-state index contributed by atoms with van der Waals surface area (Å²) in [5, 5.41) is 15.1. The average molecular weight is 362 g/mol. The number of hydrogen-bond donors (Lipinski definition) is 3. The van der Waals surface area contributed by atoms with Crippen LogP contribution in [0, 0.1) is 5.41 Å². The van der Waals surface area contributed by atoms with E-state index in [1.54, 1.807) is 18.2 Å². The number of amides is 2. The zero-order valence-corrected chi connectivity index (χ0v) is 15.3. The van der Waals surface area contributed by atoms with Gasteiger partial charge < -0.3 is 20.5 Å². The number of carbonyl (C=O) groups excluding carboxylic acids is 2. The number of benzene rings is 1. The monoisotopic (exact) mass is 362 g/mol. The van der Waals surface area contributed by atoms with Gasteiger partial charge in [0.05, 0.1) is 18.2 Å². The van der Waals surface area contributed by atoms with Gasteiger partial charge in [-0.25, -0.2) is 0 Å². The van der Waals surface area contributed by atoms with Gasteiger partial charge in [-0.05, 0) is 31.0 Å². The fourth-order valence-electron chi connectivity index (χ4n) is 3.46. The van der Waals surface area contributed by atoms with Crippen LogP contribution in [0.3, 0.4) is 0 Å². The van der Waals surface area contributed by atoms with Gasteiger partial charge >= 0.3 is 5.97 Å². The van der Waals surface area contributed by atoms with Crippen molar-refractivity contribution in [1.29, 1.82) is 0 Å². The van der Waals surface area contributed by atoms with E-state index in [4.69, 9.17) is 4.74 Å². The van der Waals surface area contributed by atoms with Crippen LogP contribution in [0.5, 0.6) is 5.75 Å². The van der Waals surface area contributed by atoms with Gasteiger partial charge in [-0.2, -0.15) is 0 Å². The van der Waals surface area contributed by atoms with E-state index in [0.29, 0.717) is 30.0 Å². The number of nitrogens with one attached hydrogen (secondary N) is 2. The van der Waals surface area contributed by atoms with Crippen LogP contribution < -0.4 is 15.4 Å². The second kappa shape index (κ2) is 8.69. The predicted octanol–water partition coefficient (Wildman–Crippen LogP) is 3.41. The third-order valence-electron chi connectivity index (χ3n) is 4.81. The molecule has 0 aliphatic heterocycles. The first-order valence-corrected chi connectivity index (χ1v) is 8.85. The Bertz CT molecular complexity index is 679. The Kier molecular flexibility index (Phi) is 6.60. The second-order valence-corrected chi connectivity index (χ2v) is 6.82. The van der Waals surface area contributed by atoms with Gasteiger partial charge in [-0.3, -0.25) is 14.4 Å². The van der Waals surface area contributed by atoms with Crippen molar-refractivity contribution in [3.05, 3.63) is 18.2 Å². The number of ether oxygens (including phenoxy) is 1. The molecule has 0 saturated heterocycles. The number of anilines is 2. The summed E-state index contributed by atoms with van der Waals surface area (Å²) in [5.74, 6) is -1.02. The molecule has 2 amide bonds. The zero-order valence-electron chi connectivity index (χ0n) is 15.3. The van der Waals surface area contributed by atoms with Crippen molar-refractivity contribution in [2.24, 2.45) is 5.41 Å². The first-order valence-electron chi connectivity index (χ1n) is 8.85. The lowest BCUT2D eigenvalue weighted by Crippen LogP contribution is -2.35. The molecule has 0 heterocycles. The fourth-order valence-corrected chi connectivity index (χ4v) is 3.46. The maximum absolute atomic E-state index is 12.5. The molecule has 142 valence electrons. The molecular weight excluding hydrogens is 336 g/mol. The Balaban J connectivity index is 2.13. The van der Waals surface area contributed by atoms with Gasteiger partial charge in [0.2, 0.25) is 11.8 Å². The van der Waals surface area contributed by atoms with Gasteiger partial charge in [0.15, 0.2) is 0 Å². The van der Waals surface area contributed by atoms with Crippen molar-refractivity contribution in [2.75, 3.05) is 17.7 Å². The highest BCUT2D eigenvalue weighted by atomic mass is 16.5. The molecule has 1 aliphatic carbocycles. The van der Waals surface area contributed by atoms with Crippen LogP contribution in [0.15, 0.2) is 18.2 Å². The molecule has 7 nitrogen and oxygen atoms in total. The lowest BCUT2D eigenvalue weighted by Gasteiger charge is -2.27. The average Bonchev–Trinajstić information content (AvgIpc) is 2.81. The first kappa shape index (κ1) is 19.8. The molecule has 7 heteroatoms. The van der Waals surface area contributed by atoms with Gasteiger partial charge in [-0.1, -0.05) is 25.7 Å². The number of carbonyl (C=O) groups is 3. The van der Waals surface area contributed by atoms with E-state index in [-0.39, 0.29) is 18.2 Å². The highest BCUT2D eigenvalue weighted by Gasteiger charge is 2.40. The molecule has 1 fully saturated rings. The minimum absolute atomic E-state index is 0.0518. The Morgan fingerprint density at radius 3 is 2.31 bits per heavy atom. The lowest BCUT2D eigenvalue weighted by atomic mass is 9.77. The summed E-state index contributed by atoms with van der Waals surface area (Å²) in [5.41, 5.74) is -0.0676. The molecule has 1 saturated carbocycles. The molecule has 0 unspecified atom stereocenters. The Morgan fingerprint density at radius 2 is 1.77 bits per heavy atom. The Labute approximate surface area is 153 Å². The largest absolute Gasteiger partial charge is 0.495 e. The molecule has 1 aromatic carbocycles. The van der Waals surface area contributed by atoms with Crippen LogP contribution in [0.25, 0.3) is 0 Å². The summed E-state index contributed by atoms with van der Waals surface area (Å²) >= 11 is 0. The Hall–Kier alpha value is -2.57. The lowest BCUT2D eigenvalue weighted by molar-refractivity contribution is -0.152. The highest BCUT2D eigenvalue weighted by Crippen LogP contribution is 2.39. The van der Waals surface area contributed by atoms with E-state index < -0.39 is 11.4 Å². The molecule has 2 rings (SSSR count). The molecular formula is C19H26N2O5. The van der Waals surface area contributed by atoms with Crippen molar-refractivity contribution >= 4 is 29.2 Å². The molecule has 0 aromatic heterocycles. The molecule has 3 N–H and O–H groups in total. The van der Waals surface area contributed by atoms with E-state index in [2.05, 4.69) is 10.6 Å². The summed E-state index contributed by atoms with van der Waals surface area (Å²) in [6.45, 7) is 1.38. The SMILES string of the molecule is COc1ccc(NC(=O)CC2(C(=O)O)CCCCCC2)cc1NC(C)=O. The molecule has 26 heavy (non-hydrogen) atoms. The van der Waals surface area contributed by atoms with E-state index in [0.717, 1.165) is 25.7 Å². The van der Waals surface area contributed by atoms with Crippen molar-refractivity contribution in [1.82, 2.24) is 0 Å². The van der Waals surface area contributed by atoms with E-state index in [9.17, 15) is 19.5 Å². The van der Waals surface area contributed by atoms with Crippen LogP contribution in [0.2, 0.25) is 0 Å². The normalized spacial score (nSPS) is 16.2. The number of hydrogen-bond acceptors (Lipinski definition) is 4. The fraction of sp³-hybridized carbons (Fsp3) is 0.526. The summed E-state index contributed by atoms with van der Waals surface area (Å²) < 4.78 is 5.18. The van der Waals surface area contributed by atoms with E-state index >= 15 is 0 Å². The Morgan fingerprint density at radius 1 is 1.12 bits per heavy atom. The summed E-state index contributed by atoms with van der Waals surface area (Å²) in [6.07, 6.45) is 4.67. The van der Waals surface area contributed by atoms with Crippen LogP contribution in [-0.2, 0) is 14.4 Å². The van der Waals surface area contributed by atoms with Gasteiger partial charge in [0, 0.05) is 19.0 Å². The van der Waals surface area contributed by atoms with Crippen molar-refractivity contribution in [2.45, 2.75) is 51.9 Å². The summed E-state index contributed by atoms with van der Waals surface area (Å²) in [4.78, 5) is 35.6.